The number of rotatable bonds is 1. The fourth-order valence-electron chi connectivity index (χ4n) is 1.84. The van der Waals surface area contributed by atoms with Gasteiger partial charge in [0.05, 0.1) is 0 Å². The molecule has 1 atom stereocenters. The van der Waals surface area contributed by atoms with Crippen molar-refractivity contribution in [3.8, 4) is 0 Å². The Morgan fingerprint density at radius 3 is 2.69 bits per heavy atom. The average molecular weight is 181 g/mol. The highest BCUT2D eigenvalue weighted by atomic mass is 16.2. The van der Waals surface area contributed by atoms with Crippen molar-refractivity contribution in [2.45, 2.75) is 27.7 Å². The van der Waals surface area contributed by atoms with Gasteiger partial charge >= 0.3 is 0 Å². The van der Waals surface area contributed by atoms with Crippen LogP contribution in [0.2, 0.25) is 0 Å². The molecule has 0 aromatic carbocycles. The fourth-order valence-corrected chi connectivity index (χ4v) is 1.84. The molecule has 1 aliphatic heterocycles. The molecule has 0 saturated heterocycles. The van der Waals surface area contributed by atoms with E-state index < -0.39 is 0 Å². The Morgan fingerprint density at radius 2 is 2.23 bits per heavy atom. The van der Waals surface area contributed by atoms with Crippen LogP contribution in [0.25, 0.3) is 0 Å². The third kappa shape index (κ3) is 2.58. The van der Waals surface area contributed by atoms with Crippen LogP contribution in [0.15, 0.2) is 11.6 Å². The van der Waals surface area contributed by atoms with E-state index in [2.05, 4.69) is 19.9 Å². The molecule has 1 heterocycles. The zero-order chi connectivity index (χ0) is 10.0. The van der Waals surface area contributed by atoms with Crippen molar-refractivity contribution in [1.29, 1.82) is 0 Å². The highest BCUT2D eigenvalue weighted by Crippen LogP contribution is 2.16. The summed E-state index contributed by atoms with van der Waals surface area (Å²) in [7, 11) is 0. The van der Waals surface area contributed by atoms with E-state index in [-0.39, 0.29) is 11.8 Å². The Hall–Kier alpha value is -0.790. The maximum absolute atomic E-state index is 11.7. The van der Waals surface area contributed by atoms with Gasteiger partial charge in [0.1, 0.15) is 0 Å². The first kappa shape index (κ1) is 10.3. The van der Waals surface area contributed by atoms with E-state index in [1.807, 2.05) is 18.7 Å². The summed E-state index contributed by atoms with van der Waals surface area (Å²) in [6.45, 7) is 9.87. The van der Waals surface area contributed by atoms with Gasteiger partial charge in [-0.15, -0.1) is 0 Å². The minimum Gasteiger partial charge on any atom is -0.338 e. The van der Waals surface area contributed by atoms with Crippen LogP contribution in [0.1, 0.15) is 27.7 Å². The van der Waals surface area contributed by atoms with Crippen LogP contribution in [0, 0.1) is 11.8 Å². The van der Waals surface area contributed by atoms with Crippen molar-refractivity contribution < 1.29 is 4.79 Å². The van der Waals surface area contributed by atoms with Crippen LogP contribution in [-0.2, 0) is 4.79 Å². The normalized spacial score (nSPS) is 23.3. The third-order valence-electron chi connectivity index (χ3n) is 2.32. The summed E-state index contributed by atoms with van der Waals surface area (Å²) in [5.74, 6) is 0.911. The lowest BCUT2D eigenvalue weighted by molar-refractivity contribution is -0.134. The number of carbonyl (C=O) groups excluding carboxylic acids is 1. The van der Waals surface area contributed by atoms with Crippen molar-refractivity contribution in [1.82, 2.24) is 4.90 Å². The standard InChI is InChI=1S/C11H19NO/c1-8(2)11(13)12-6-9(3)5-10(4)7-12/h5,8-9H,6-7H2,1-4H3. The lowest BCUT2D eigenvalue weighted by Crippen LogP contribution is -2.40. The first-order valence-electron chi connectivity index (χ1n) is 4.96. The van der Waals surface area contributed by atoms with Gasteiger partial charge in [0.2, 0.25) is 5.91 Å². The first-order chi connectivity index (χ1) is 6.00. The van der Waals surface area contributed by atoms with Gasteiger partial charge in [0.15, 0.2) is 0 Å². The second-order valence-corrected chi connectivity index (χ2v) is 4.36. The van der Waals surface area contributed by atoms with Crippen molar-refractivity contribution >= 4 is 5.91 Å². The highest BCUT2D eigenvalue weighted by Gasteiger charge is 2.21. The van der Waals surface area contributed by atoms with Crippen molar-refractivity contribution in [2.75, 3.05) is 13.1 Å². The largest absolute Gasteiger partial charge is 0.338 e. The van der Waals surface area contributed by atoms with Crippen LogP contribution >= 0.6 is 0 Å². The maximum atomic E-state index is 11.7. The van der Waals surface area contributed by atoms with Gasteiger partial charge in [-0.3, -0.25) is 4.79 Å². The Labute approximate surface area is 80.6 Å². The molecule has 1 amide bonds. The number of hydrogen-bond donors (Lipinski definition) is 0. The summed E-state index contributed by atoms with van der Waals surface area (Å²) in [6, 6.07) is 0. The molecule has 1 aliphatic rings. The molecule has 0 aromatic rings. The minimum absolute atomic E-state index is 0.123. The van der Waals surface area contributed by atoms with E-state index in [1.165, 1.54) is 5.57 Å². The molecule has 0 bridgehead atoms. The summed E-state index contributed by atoms with van der Waals surface area (Å²) >= 11 is 0. The van der Waals surface area contributed by atoms with Crippen LogP contribution < -0.4 is 0 Å². The van der Waals surface area contributed by atoms with Crippen LogP contribution in [-0.4, -0.2) is 23.9 Å². The third-order valence-corrected chi connectivity index (χ3v) is 2.32. The van der Waals surface area contributed by atoms with E-state index in [1.54, 1.807) is 0 Å². The Balaban J connectivity index is 2.65. The number of hydrogen-bond acceptors (Lipinski definition) is 1. The molecule has 0 aromatic heterocycles. The van der Waals surface area contributed by atoms with Gasteiger partial charge in [-0.05, 0) is 12.8 Å². The minimum atomic E-state index is 0.123. The molecule has 0 aliphatic carbocycles. The Kier molecular flexibility index (Phi) is 3.12. The van der Waals surface area contributed by atoms with E-state index >= 15 is 0 Å². The van der Waals surface area contributed by atoms with Gasteiger partial charge < -0.3 is 4.90 Å². The molecule has 13 heavy (non-hydrogen) atoms. The zero-order valence-electron chi connectivity index (χ0n) is 9.00. The van der Waals surface area contributed by atoms with E-state index in [0.717, 1.165) is 13.1 Å². The van der Waals surface area contributed by atoms with E-state index in [9.17, 15) is 4.79 Å². The summed E-state index contributed by atoms with van der Waals surface area (Å²) in [5.41, 5.74) is 1.31. The molecule has 1 rings (SSSR count). The van der Waals surface area contributed by atoms with Gasteiger partial charge in [-0.25, -0.2) is 0 Å². The molecule has 0 radical (unpaired) electrons. The zero-order valence-corrected chi connectivity index (χ0v) is 9.00. The average Bonchev–Trinajstić information content (AvgIpc) is 2.01. The molecule has 2 heteroatoms. The molecular weight excluding hydrogens is 162 g/mol. The van der Waals surface area contributed by atoms with Crippen LogP contribution in [0.5, 0.6) is 0 Å². The SMILES string of the molecule is CC1=CC(C)CN(C(=O)C(C)C)C1. The van der Waals surface area contributed by atoms with Crippen LogP contribution in [0.3, 0.4) is 0 Å². The van der Waals surface area contributed by atoms with Gasteiger partial charge in [0.25, 0.3) is 0 Å². The van der Waals surface area contributed by atoms with E-state index in [4.69, 9.17) is 0 Å². The summed E-state index contributed by atoms with van der Waals surface area (Å²) in [5, 5.41) is 0. The number of amides is 1. The molecule has 2 nitrogen and oxygen atoms in total. The van der Waals surface area contributed by atoms with Crippen molar-refractivity contribution in [3.05, 3.63) is 11.6 Å². The lowest BCUT2D eigenvalue weighted by Gasteiger charge is -2.31. The molecular formula is C11H19NO. The monoisotopic (exact) mass is 181 g/mol. The molecule has 1 unspecified atom stereocenters. The fraction of sp³-hybridized carbons (Fsp3) is 0.727. The lowest BCUT2D eigenvalue weighted by atomic mass is 10.0. The van der Waals surface area contributed by atoms with Gasteiger partial charge in [-0.2, -0.15) is 0 Å². The molecule has 0 saturated carbocycles. The summed E-state index contributed by atoms with van der Waals surface area (Å²) in [6.07, 6.45) is 2.25. The van der Waals surface area contributed by atoms with Gasteiger partial charge in [-0.1, -0.05) is 32.4 Å². The molecule has 74 valence electrons. The molecule has 0 fully saturated rings. The van der Waals surface area contributed by atoms with Crippen molar-refractivity contribution in [3.63, 3.8) is 0 Å². The Bertz CT molecular complexity index is 230. The van der Waals surface area contributed by atoms with E-state index in [0.29, 0.717) is 5.92 Å². The predicted molar refractivity (Wildman–Crippen MR) is 54.3 cm³/mol. The van der Waals surface area contributed by atoms with Crippen molar-refractivity contribution in [2.24, 2.45) is 11.8 Å². The van der Waals surface area contributed by atoms with Crippen LogP contribution in [0.4, 0.5) is 0 Å². The summed E-state index contributed by atoms with van der Waals surface area (Å²) in [4.78, 5) is 13.7. The molecule has 0 spiro atoms. The predicted octanol–water partition coefficient (Wildman–Crippen LogP) is 2.07. The molecule has 0 N–H and O–H groups in total. The first-order valence-corrected chi connectivity index (χ1v) is 4.96. The topological polar surface area (TPSA) is 20.3 Å². The Morgan fingerprint density at radius 1 is 1.62 bits per heavy atom. The highest BCUT2D eigenvalue weighted by molar-refractivity contribution is 5.78. The second kappa shape index (κ2) is 3.95. The van der Waals surface area contributed by atoms with Gasteiger partial charge in [0, 0.05) is 19.0 Å². The number of nitrogens with zero attached hydrogens (tertiary/aromatic N) is 1. The number of carbonyl (C=O) groups is 1. The quantitative estimate of drug-likeness (QED) is 0.567. The maximum Gasteiger partial charge on any atom is 0.225 e. The smallest absolute Gasteiger partial charge is 0.225 e. The second-order valence-electron chi connectivity index (χ2n) is 4.36. The summed E-state index contributed by atoms with van der Waals surface area (Å²) < 4.78 is 0.